The summed E-state index contributed by atoms with van der Waals surface area (Å²) in [5.41, 5.74) is 2.77. The van der Waals surface area contributed by atoms with Crippen molar-refractivity contribution in [2.75, 3.05) is 0 Å². The molecule has 6 heteroatoms. The van der Waals surface area contributed by atoms with Gasteiger partial charge in [-0.05, 0) is 19.4 Å². The standard InChI is InChI=1S/C13H15N3OS2/c1-9(11-6-4-3-5-7-11)15-12(17)10(2)19-13-16-14-8-18-13/h3-10H,1-2H3,(H,15,17)/t9-,10+/m0/s1. The van der Waals surface area contributed by atoms with Gasteiger partial charge in [0, 0.05) is 0 Å². The van der Waals surface area contributed by atoms with Crippen LogP contribution in [0, 0.1) is 0 Å². The predicted molar refractivity (Wildman–Crippen MR) is 78.2 cm³/mol. The molecule has 1 N–H and O–H groups in total. The first-order valence-electron chi connectivity index (χ1n) is 5.95. The zero-order valence-corrected chi connectivity index (χ0v) is 12.4. The molecular formula is C13H15N3OS2. The molecule has 0 aliphatic carbocycles. The lowest BCUT2D eigenvalue weighted by atomic mass is 10.1. The Morgan fingerprint density at radius 1 is 1.32 bits per heavy atom. The lowest BCUT2D eigenvalue weighted by Gasteiger charge is -2.16. The smallest absolute Gasteiger partial charge is 0.233 e. The molecule has 0 aliphatic heterocycles. The highest BCUT2D eigenvalue weighted by Crippen LogP contribution is 2.24. The topological polar surface area (TPSA) is 54.9 Å². The summed E-state index contributed by atoms with van der Waals surface area (Å²) in [6.45, 7) is 3.86. The molecule has 1 amide bonds. The minimum atomic E-state index is -0.181. The average molecular weight is 293 g/mol. The molecular weight excluding hydrogens is 278 g/mol. The molecule has 2 aromatic rings. The maximum absolute atomic E-state index is 12.1. The Morgan fingerprint density at radius 2 is 2.05 bits per heavy atom. The molecule has 0 radical (unpaired) electrons. The van der Waals surface area contributed by atoms with Crippen LogP contribution < -0.4 is 5.32 Å². The first kappa shape index (κ1) is 14.0. The number of nitrogens with one attached hydrogen (secondary N) is 1. The minimum absolute atomic E-state index is 0.00571. The maximum atomic E-state index is 12.1. The second-order valence-corrected chi connectivity index (χ2v) is 6.53. The van der Waals surface area contributed by atoms with Crippen LogP contribution in [0.15, 0.2) is 40.2 Å². The Labute approximate surface area is 120 Å². The number of nitrogens with zero attached hydrogens (tertiary/aromatic N) is 2. The molecule has 1 heterocycles. The Bertz CT molecular complexity index is 516. The minimum Gasteiger partial charge on any atom is -0.349 e. The number of carbonyl (C=O) groups excluding carboxylic acids is 1. The molecule has 0 saturated carbocycles. The molecule has 0 bridgehead atoms. The fourth-order valence-corrected chi connectivity index (χ4v) is 3.21. The van der Waals surface area contributed by atoms with Crippen molar-refractivity contribution < 1.29 is 4.79 Å². The van der Waals surface area contributed by atoms with Gasteiger partial charge in [-0.2, -0.15) is 0 Å². The van der Waals surface area contributed by atoms with Gasteiger partial charge in [-0.15, -0.1) is 10.2 Å². The molecule has 0 aliphatic rings. The van der Waals surface area contributed by atoms with Gasteiger partial charge < -0.3 is 5.32 Å². The number of aromatic nitrogens is 2. The summed E-state index contributed by atoms with van der Waals surface area (Å²) in [5.74, 6) is 0.0107. The van der Waals surface area contributed by atoms with Gasteiger partial charge in [0.15, 0.2) is 4.34 Å². The number of benzene rings is 1. The summed E-state index contributed by atoms with van der Waals surface area (Å²) in [4.78, 5) is 12.1. The van der Waals surface area contributed by atoms with E-state index in [2.05, 4.69) is 15.5 Å². The van der Waals surface area contributed by atoms with Crippen LogP contribution in [-0.2, 0) is 4.79 Å². The number of thioether (sulfide) groups is 1. The van der Waals surface area contributed by atoms with Gasteiger partial charge in [0.05, 0.1) is 11.3 Å². The third kappa shape index (κ3) is 4.04. The highest BCUT2D eigenvalue weighted by Gasteiger charge is 2.18. The van der Waals surface area contributed by atoms with E-state index in [1.807, 2.05) is 44.2 Å². The molecule has 19 heavy (non-hydrogen) atoms. The fourth-order valence-electron chi connectivity index (χ4n) is 1.57. The number of hydrogen-bond acceptors (Lipinski definition) is 5. The van der Waals surface area contributed by atoms with Gasteiger partial charge in [0.2, 0.25) is 5.91 Å². The normalized spacial score (nSPS) is 13.8. The first-order chi connectivity index (χ1) is 9.16. The van der Waals surface area contributed by atoms with Crippen LogP contribution in [0.2, 0.25) is 0 Å². The maximum Gasteiger partial charge on any atom is 0.233 e. The Kier molecular flexibility index (Phi) is 4.93. The zero-order chi connectivity index (χ0) is 13.7. The van der Waals surface area contributed by atoms with Gasteiger partial charge in [-0.3, -0.25) is 4.79 Å². The van der Waals surface area contributed by atoms with E-state index in [-0.39, 0.29) is 17.2 Å². The van der Waals surface area contributed by atoms with Crippen LogP contribution in [0.25, 0.3) is 0 Å². The van der Waals surface area contributed by atoms with E-state index in [4.69, 9.17) is 0 Å². The number of carbonyl (C=O) groups is 1. The van der Waals surface area contributed by atoms with Crippen molar-refractivity contribution in [1.29, 1.82) is 0 Å². The van der Waals surface area contributed by atoms with Crippen molar-refractivity contribution in [2.45, 2.75) is 29.5 Å². The second kappa shape index (κ2) is 6.68. The van der Waals surface area contributed by atoms with Crippen LogP contribution in [0.3, 0.4) is 0 Å². The second-order valence-electron chi connectivity index (χ2n) is 4.11. The van der Waals surface area contributed by atoms with Gasteiger partial charge in [0.25, 0.3) is 0 Å². The molecule has 0 unspecified atom stereocenters. The first-order valence-corrected chi connectivity index (χ1v) is 7.71. The summed E-state index contributed by atoms with van der Waals surface area (Å²) in [6, 6.07) is 9.92. The molecule has 2 rings (SSSR count). The molecule has 0 fully saturated rings. The molecule has 1 aromatic carbocycles. The SMILES string of the molecule is C[C@H](NC(=O)[C@@H](C)Sc1nncs1)c1ccccc1. The third-order valence-corrected chi connectivity index (χ3v) is 4.56. The molecule has 0 saturated heterocycles. The quantitative estimate of drug-likeness (QED) is 0.861. The van der Waals surface area contributed by atoms with Crippen molar-refractivity contribution in [3.8, 4) is 0 Å². The molecule has 4 nitrogen and oxygen atoms in total. The summed E-state index contributed by atoms with van der Waals surface area (Å²) in [7, 11) is 0. The lowest BCUT2D eigenvalue weighted by Crippen LogP contribution is -2.33. The van der Waals surface area contributed by atoms with E-state index in [1.165, 1.54) is 23.1 Å². The van der Waals surface area contributed by atoms with Crippen LogP contribution >= 0.6 is 23.1 Å². The third-order valence-electron chi connectivity index (χ3n) is 2.65. The Hall–Kier alpha value is -1.40. The van der Waals surface area contributed by atoms with Crippen LogP contribution in [0.5, 0.6) is 0 Å². The largest absolute Gasteiger partial charge is 0.349 e. The van der Waals surface area contributed by atoms with Gasteiger partial charge in [-0.25, -0.2) is 0 Å². The van der Waals surface area contributed by atoms with E-state index in [0.717, 1.165) is 9.90 Å². The van der Waals surface area contributed by atoms with E-state index in [1.54, 1.807) is 5.51 Å². The summed E-state index contributed by atoms with van der Waals surface area (Å²) in [6.07, 6.45) is 0. The predicted octanol–water partition coefficient (Wildman–Crippen LogP) is 2.90. The Morgan fingerprint density at radius 3 is 2.68 bits per heavy atom. The molecule has 0 spiro atoms. The average Bonchev–Trinajstić information content (AvgIpc) is 2.92. The van der Waals surface area contributed by atoms with Crippen molar-refractivity contribution in [2.24, 2.45) is 0 Å². The summed E-state index contributed by atoms with van der Waals surface area (Å²) < 4.78 is 0.815. The van der Waals surface area contributed by atoms with Crippen molar-refractivity contribution >= 4 is 29.0 Å². The lowest BCUT2D eigenvalue weighted by molar-refractivity contribution is -0.120. The van der Waals surface area contributed by atoms with Crippen LogP contribution in [0.1, 0.15) is 25.5 Å². The van der Waals surface area contributed by atoms with E-state index < -0.39 is 0 Å². The molecule has 2 atom stereocenters. The molecule has 1 aromatic heterocycles. The summed E-state index contributed by atoms with van der Waals surface area (Å²) >= 11 is 2.87. The van der Waals surface area contributed by atoms with Gasteiger partial charge in [-0.1, -0.05) is 53.4 Å². The van der Waals surface area contributed by atoms with Crippen molar-refractivity contribution in [1.82, 2.24) is 15.5 Å². The van der Waals surface area contributed by atoms with Crippen molar-refractivity contribution in [3.05, 3.63) is 41.4 Å². The number of hydrogen-bond donors (Lipinski definition) is 1. The monoisotopic (exact) mass is 293 g/mol. The van der Waals surface area contributed by atoms with E-state index in [9.17, 15) is 4.79 Å². The number of amides is 1. The highest BCUT2D eigenvalue weighted by atomic mass is 32.2. The summed E-state index contributed by atoms with van der Waals surface area (Å²) in [5, 5.41) is 10.5. The van der Waals surface area contributed by atoms with Crippen LogP contribution in [0.4, 0.5) is 0 Å². The Balaban J connectivity index is 1.90. The molecule has 100 valence electrons. The highest BCUT2D eigenvalue weighted by molar-refractivity contribution is 8.02. The van der Waals surface area contributed by atoms with Crippen LogP contribution in [-0.4, -0.2) is 21.4 Å². The zero-order valence-electron chi connectivity index (χ0n) is 10.7. The van der Waals surface area contributed by atoms with Gasteiger partial charge in [0.1, 0.15) is 5.51 Å². The number of rotatable bonds is 5. The van der Waals surface area contributed by atoms with Crippen molar-refractivity contribution in [3.63, 3.8) is 0 Å². The fraction of sp³-hybridized carbons (Fsp3) is 0.308. The van der Waals surface area contributed by atoms with E-state index >= 15 is 0 Å². The van der Waals surface area contributed by atoms with Gasteiger partial charge >= 0.3 is 0 Å². The van der Waals surface area contributed by atoms with E-state index in [0.29, 0.717) is 0 Å².